The summed E-state index contributed by atoms with van der Waals surface area (Å²) in [4.78, 5) is 22.2. The highest BCUT2D eigenvalue weighted by atomic mass is 32.2. The zero-order chi connectivity index (χ0) is 14.7. The van der Waals surface area contributed by atoms with Crippen molar-refractivity contribution >= 4 is 23.7 Å². The lowest BCUT2D eigenvalue weighted by Gasteiger charge is -2.26. The molecule has 1 fully saturated rings. The van der Waals surface area contributed by atoms with E-state index in [2.05, 4.69) is 14.9 Å². The van der Waals surface area contributed by atoms with Crippen LogP contribution in [0.1, 0.15) is 10.4 Å². The molecule has 0 bridgehead atoms. The van der Waals surface area contributed by atoms with E-state index in [1.165, 1.54) is 6.20 Å². The van der Waals surface area contributed by atoms with Gasteiger partial charge in [0.1, 0.15) is 5.56 Å². The second-order valence-corrected chi connectivity index (χ2v) is 5.93. The number of carboxylic acids is 1. The maximum Gasteiger partial charge on any atom is 0.339 e. The Bertz CT molecular complexity index is 643. The minimum absolute atomic E-state index is 0.135. The largest absolute Gasteiger partial charge is 0.478 e. The number of carboxylic acid groups (broad SMARTS) is 1. The molecule has 0 radical (unpaired) electrons. The SMILES string of the molecule is O=C(O)c1cnc(N2CCSCC2)nc1-c1ccccc1. The number of nitrogens with zero attached hydrogens (tertiary/aromatic N) is 3. The van der Waals surface area contributed by atoms with Crippen LogP contribution in [-0.2, 0) is 0 Å². The first-order chi connectivity index (χ1) is 10.3. The van der Waals surface area contributed by atoms with Gasteiger partial charge in [-0.15, -0.1) is 0 Å². The number of aromatic nitrogens is 2. The minimum Gasteiger partial charge on any atom is -0.478 e. The molecule has 0 atom stereocenters. The first kappa shape index (κ1) is 13.9. The maximum absolute atomic E-state index is 11.4. The Morgan fingerprint density at radius 2 is 1.90 bits per heavy atom. The molecule has 3 rings (SSSR count). The van der Waals surface area contributed by atoms with Crippen molar-refractivity contribution in [3.63, 3.8) is 0 Å². The lowest BCUT2D eigenvalue weighted by Crippen LogP contribution is -2.34. The third-order valence-corrected chi connectivity index (χ3v) is 4.29. The van der Waals surface area contributed by atoms with E-state index in [1.54, 1.807) is 0 Å². The first-order valence-corrected chi connectivity index (χ1v) is 7.89. The highest BCUT2D eigenvalue weighted by Gasteiger charge is 2.19. The molecule has 1 saturated heterocycles. The molecule has 0 unspecified atom stereocenters. The molecule has 1 aliphatic rings. The van der Waals surface area contributed by atoms with E-state index in [0.29, 0.717) is 11.6 Å². The summed E-state index contributed by atoms with van der Waals surface area (Å²) >= 11 is 1.91. The van der Waals surface area contributed by atoms with Gasteiger partial charge in [0.05, 0.1) is 5.69 Å². The van der Waals surface area contributed by atoms with Crippen molar-refractivity contribution in [2.45, 2.75) is 0 Å². The Morgan fingerprint density at radius 1 is 1.19 bits per heavy atom. The van der Waals surface area contributed by atoms with Crippen molar-refractivity contribution in [3.8, 4) is 11.3 Å². The van der Waals surface area contributed by atoms with Gasteiger partial charge in [-0.2, -0.15) is 11.8 Å². The summed E-state index contributed by atoms with van der Waals surface area (Å²) in [6.07, 6.45) is 1.41. The summed E-state index contributed by atoms with van der Waals surface area (Å²) in [6, 6.07) is 9.38. The van der Waals surface area contributed by atoms with E-state index in [1.807, 2.05) is 42.1 Å². The predicted molar refractivity (Wildman–Crippen MR) is 84.0 cm³/mol. The molecule has 0 amide bonds. The van der Waals surface area contributed by atoms with E-state index in [9.17, 15) is 9.90 Å². The van der Waals surface area contributed by atoms with Crippen LogP contribution in [0.2, 0.25) is 0 Å². The summed E-state index contributed by atoms with van der Waals surface area (Å²) in [5.41, 5.74) is 1.41. The van der Waals surface area contributed by atoms with Crippen LogP contribution in [0.4, 0.5) is 5.95 Å². The first-order valence-electron chi connectivity index (χ1n) is 6.74. The molecule has 1 aromatic heterocycles. The van der Waals surface area contributed by atoms with Gasteiger partial charge in [-0.05, 0) is 0 Å². The lowest BCUT2D eigenvalue weighted by atomic mass is 10.1. The molecule has 21 heavy (non-hydrogen) atoms. The number of hydrogen-bond acceptors (Lipinski definition) is 5. The molecule has 2 aromatic rings. The summed E-state index contributed by atoms with van der Waals surface area (Å²) in [7, 11) is 0. The highest BCUT2D eigenvalue weighted by molar-refractivity contribution is 7.99. The molecule has 108 valence electrons. The minimum atomic E-state index is -1.00. The van der Waals surface area contributed by atoms with Gasteiger partial charge in [-0.25, -0.2) is 14.8 Å². The molecule has 1 aliphatic heterocycles. The van der Waals surface area contributed by atoms with E-state index < -0.39 is 5.97 Å². The van der Waals surface area contributed by atoms with Gasteiger partial charge in [0.25, 0.3) is 0 Å². The lowest BCUT2D eigenvalue weighted by molar-refractivity contribution is 0.0697. The fraction of sp³-hybridized carbons (Fsp3) is 0.267. The average molecular weight is 301 g/mol. The van der Waals surface area contributed by atoms with Gasteiger partial charge in [-0.1, -0.05) is 30.3 Å². The monoisotopic (exact) mass is 301 g/mol. The van der Waals surface area contributed by atoms with E-state index in [-0.39, 0.29) is 5.56 Å². The fourth-order valence-electron chi connectivity index (χ4n) is 2.26. The molecule has 2 heterocycles. The zero-order valence-electron chi connectivity index (χ0n) is 11.4. The van der Waals surface area contributed by atoms with Crippen LogP contribution in [0, 0.1) is 0 Å². The van der Waals surface area contributed by atoms with Crippen molar-refractivity contribution in [2.75, 3.05) is 29.5 Å². The van der Waals surface area contributed by atoms with Gasteiger partial charge < -0.3 is 10.0 Å². The van der Waals surface area contributed by atoms with Crippen molar-refractivity contribution in [1.29, 1.82) is 0 Å². The topological polar surface area (TPSA) is 66.3 Å². The molecule has 0 aliphatic carbocycles. The number of benzene rings is 1. The third-order valence-electron chi connectivity index (χ3n) is 3.35. The van der Waals surface area contributed by atoms with Gasteiger partial charge in [0.2, 0.25) is 5.95 Å². The van der Waals surface area contributed by atoms with Crippen LogP contribution in [0.5, 0.6) is 0 Å². The van der Waals surface area contributed by atoms with Crippen LogP contribution in [0.3, 0.4) is 0 Å². The maximum atomic E-state index is 11.4. The number of carbonyl (C=O) groups is 1. The molecule has 5 nitrogen and oxygen atoms in total. The summed E-state index contributed by atoms with van der Waals surface area (Å²) in [5.74, 6) is 1.70. The molecule has 0 spiro atoms. The fourth-order valence-corrected chi connectivity index (χ4v) is 3.16. The van der Waals surface area contributed by atoms with Crippen LogP contribution < -0.4 is 4.90 Å². The molecule has 6 heteroatoms. The van der Waals surface area contributed by atoms with E-state index in [4.69, 9.17) is 0 Å². The summed E-state index contributed by atoms with van der Waals surface area (Å²) in [6.45, 7) is 1.79. The van der Waals surface area contributed by atoms with Crippen molar-refractivity contribution < 1.29 is 9.90 Å². The van der Waals surface area contributed by atoms with Crippen molar-refractivity contribution in [2.24, 2.45) is 0 Å². The smallest absolute Gasteiger partial charge is 0.339 e. The van der Waals surface area contributed by atoms with Crippen LogP contribution >= 0.6 is 11.8 Å². The highest BCUT2D eigenvalue weighted by Crippen LogP contribution is 2.24. The number of hydrogen-bond donors (Lipinski definition) is 1. The Labute approximate surface area is 127 Å². The van der Waals surface area contributed by atoms with Crippen LogP contribution in [0.15, 0.2) is 36.5 Å². The van der Waals surface area contributed by atoms with Gasteiger partial charge >= 0.3 is 5.97 Å². The Morgan fingerprint density at radius 3 is 2.57 bits per heavy atom. The average Bonchev–Trinajstić information content (AvgIpc) is 2.56. The summed E-state index contributed by atoms with van der Waals surface area (Å²) < 4.78 is 0. The zero-order valence-corrected chi connectivity index (χ0v) is 12.2. The second-order valence-electron chi connectivity index (χ2n) is 4.70. The van der Waals surface area contributed by atoms with Gasteiger partial charge in [0, 0.05) is 36.4 Å². The van der Waals surface area contributed by atoms with Gasteiger partial charge in [-0.3, -0.25) is 0 Å². The molecule has 1 N–H and O–H groups in total. The quantitative estimate of drug-likeness (QED) is 0.939. The van der Waals surface area contributed by atoms with E-state index in [0.717, 1.165) is 30.2 Å². The molecular formula is C15H15N3O2S. The van der Waals surface area contributed by atoms with Crippen LogP contribution in [0.25, 0.3) is 11.3 Å². The number of thioether (sulfide) groups is 1. The Kier molecular flexibility index (Phi) is 4.06. The number of aromatic carboxylic acids is 1. The van der Waals surface area contributed by atoms with Crippen molar-refractivity contribution in [3.05, 3.63) is 42.1 Å². The van der Waals surface area contributed by atoms with E-state index >= 15 is 0 Å². The standard InChI is InChI=1S/C15H15N3O2S/c19-14(20)12-10-16-15(18-6-8-21-9-7-18)17-13(12)11-4-2-1-3-5-11/h1-5,10H,6-9H2,(H,19,20). The van der Waals surface area contributed by atoms with Crippen LogP contribution in [-0.4, -0.2) is 45.6 Å². The Balaban J connectivity index is 2.04. The van der Waals surface area contributed by atoms with Gasteiger partial charge in [0.15, 0.2) is 0 Å². The second kappa shape index (κ2) is 6.13. The molecular weight excluding hydrogens is 286 g/mol. The predicted octanol–water partition coefficient (Wildman–Crippen LogP) is 2.40. The Hall–Kier alpha value is -2.08. The normalized spacial score (nSPS) is 15.0. The summed E-state index contributed by atoms with van der Waals surface area (Å²) in [5, 5.41) is 9.33. The van der Waals surface area contributed by atoms with Crippen molar-refractivity contribution in [1.82, 2.24) is 9.97 Å². The number of rotatable bonds is 3. The number of anilines is 1. The third kappa shape index (κ3) is 3.00. The molecule has 0 saturated carbocycles. The molecule has 1 aromatic carbocycles.